The summed E-state index contributed by atoms with van der Waals surface area (Å²) >= 11 is 0. The minimum atomic E-state index is -1.52. The molecule has 0 unspecified atom stereocenters. The summed E-state index contributed by atoms with van der Waals surface area (Å²) in [5, 5.41) is 3.08. The lowest BCUT2D eigenvalue weighted by Gasteiger charge is -2.18. The molecule has 0 spiro atoms. The molecule has 0 saturated carbocycles. The molecule has 2 rings (SSSR count). The third-order valence-electron chi connectivity index (χ3n) is 2.21. The van der Waals surface area contributed by atoms with E-state index < -0.39 is 5.59 Å². The summed E-state index contributed by atoms with van der Waals surface area (Å²) < 4.78 is 10.4. The van der Waals surface area contributed by atoms with Gasteiger partial charge < -0.3 is 14.8 Å². The van der Waals surface area contributed by atoms with Crippen molar-refractivity contribution in [1.29, 1.82) is 0 Å². The van der Waals surface area contributed by atoms with Gasteiger partial charge in [0.05, 0.1) is 0 Å². The lowest BCUT2D eigenvalue weighted by Crippen LogP contribution is -2.39. The highest BCUT2D eigenvalue weighted by Crippen LogP contribution is 2.37. The van der Waals surface area contributed by atoms with Gasteiger partial charge in [-0.15, -0.1) is 0 Å². The van der Waals surface area contributed by atoms with Crippen LogP contribution in [0.4, 0.5) is 0 Å². The molecule has 3 nitrogen and oxygen atoms in total. The second-order valence-corrected chi connectivity index (χ2v) is 3.56. The van der Waals surface area contributed by atoms with E-state index >= 15 is 0 Å². The molecule has 0 fully saturated rings. The van der Waals surface area contributed by atoms with Crippen molar-refractivity contribution in [2.75, 3.05) is 13.6 Å². The Morgan fingerprint density at radius 1 is 1.18 bits per heavy atom. The van der Waals surface area contributed by atoms with Crippen LogP contribution < -0.4 is 14.8 Å². The third-order valence-corrected chi connectivity index (χ3v) is 2.21. The first-order valence-electron chi connectivity index (χ1n) is 5.84. The van der Waals surface area contributed by atoms with Gasteiger partial charge >= 0.3 is 0 Å². The molecular weight excluding hydrogens is 212 g/mol. The standard InChI is InChI=1S/C10H11B2NO2.C2H6/c1-13-5-4-7-2-3-8-9(6-7)15-10(11,12)14-8;1-2/h2-3,6,13H,4-5H2,1H3;1-2H3. The summed E-state index contributed by atoms with van der Waals surface area (Å²) in [7, 11) is 12.9. The SMILES string of the molecule is CC.[B]C1([B])Oc2ccc(CCNC)cc2O1. The molecule has 0 aromatic heterocycles. The normalized spacial score (nSPS) is 15.0. The predicted molar refractivity (Wildman–Crippen MR) is 70.9 cm³/mol. The number of nitrogens with one attached hydrogen (secondary N) is 1. The lowest BCUT2D eigenvalue weighted by molar-refractivity contribution is 0.0833. The summed E-state index contributed by atoms with van der Waals surface area (Å²) in [6.45, 7) is 4.91. The van der Waals surface area contributed by atoms with Crippen molar-refractivity contribution < 1.29 is 9.47 Å². The van der Waals surface area contributed by atoms with Gasteiger partial charge in [0.25, 0.3) is 0 Å². The lowest BCUT2D eigenvalue weighted by atomic mass is 9.76. The molecule has 1 N–H and O–H groups in total. The minimum Gasteiger partial charge on any atom is -0.468 e. The number of hydrogen-bond donors (Lipinski definition) is 1. The maximum atomic E-state index is 5.50. The molecule has 4 radical (unpaired) electrons. The smallest absolute Gasteiger partial charge is 0.175 e. The molecule has 0 amide bonds. The van der Waals surface area contributed by atoms with Crippen LogP contribution >= 0.6 is 0 Å². The van der Waals surface area contributed by atoms with Crippen LogP contribution in [-0.4, -0.2) is 34.9 Å². The molecule has 1 heterocycles. The number of hydrogen-bond acceptors (Lipinski definition) is 3. The van der Waals surface area contributed by atoms with E-state index in [-0.39, 0.29) is 0 Å². The molecule has 1 aromatic rings. The summed E-state index contributed by atoms with van der Waals surface area (Å²) in [4.78, 5) is 0. The van der Waals surface area contributed by atoms with Crippen molar-refractivity contribution in [2.24, 2.45) is 0 Å². The number of rotatable bonds is 3. The van der Waals surface area contributed by atoms with Crippen molar-refractivity contribution in [3.63, 3.8) is 0 Å². The highest BCUT2D eigenvalue weighted by Gasteiger charge is 2.30. The van der Waals surface area contributed by atoms with Crippen molar-refractivity contribution in [1.82, 2.24) is 5.32 Å². The molecule has 0 saturated heterocycles. The topological polar surface area (TPSA) is 30.5 Å². The van der Waals surface area contributed by atoms with E-state index in [1.54, 1.807) is 0 Å². The Hall–Kier alpha value is -1.09. The Kier molecular flexibility index (Phi) is 4.94. The molecule has 1 aliphatic heterocycles. The van der Waals surface area contributed by atoms with Crippen molar-refractivity contribution >= 4 is 15.7 Å². The molecule has 88 valence electrons. The molecular formula is C12H17B2NO2. The summed E-state index contributed by atoms with van der Waals surface area (Å²) in [6.07, 6.45) is 0.926. The number of likely N-dealkylation sites (N-methyl/N-ethyl adjacent to an activating group) is 1. The molecule has 17 heavy (non-hydrogen) atoms. The first-order chi connectivity index (χ1) is 8.11. The van der Waals surface area contributed by atoms with E-state index in [0.717, 1.165) is 18.5 Å². The number of fused-ring (bicyclic) bond motifs is 1. The van der Waals surface area contributed by atoms with Gasteiger partial charge in [-0.05, 0) is 37.7 Å². The Bertz CT molecular complexity index is 370. The van der Waals surface area contributed by atoms with Crippen LogP contribution in [0.1, 0.15) is 19.4 Å². The van der Waals surface area contributed by atoms with Crippen LogP contribution in [0.25, 0.3) is 0 Å². The number of ether oxygens (including phenoxy) is 2. The minimum absolute atomic E-state index is 0.591. The van der Waals surface area contributed by atoms with Crippen LogP contribution in [-0.2, 0) is 6.42 Å². The van der Waals surface area contributed by atoms with Gasteiger partial charge in [-0.25, -0.2) is 0 Å². The number of benzene rings is 1. The second-order valence-electron chi connectivity index (χ2n) is 3.56. The first-order valence-corrected chi connectivity index (χ1v) is 5.84. The van der Waals surface area contributed by atoms with E-state index in [1.165, 1.54) is 0 Å². The van der Waals surface area contributed by atoms with Gasteiger partial charge in [-0.2, -0.15) is 0 Å². The Morgan fingerprint density at radius 2 is 1.82 bits per heavy atom. The molecule has 1 aliphatic rings. The predicted octanol–water partition coefficient (Wildman–Crippen LogP) is 1.19. The second kappa shape index (κ2) is 6.01. The van der Waals surface area contributed by atoms with Gasteiger partial charge in [0.2, 0.25) is 0 Å². The van der Waals surface area contributed by atoms with Crippen LogP contribution in [0.2, 0.25) is 0 Å². The molecule has 0 aliphatic carbocycles. The third kappa shape index (κ3) is 3.70. The molecule has 0 atom stereocenters. The van der Waals surface area contributed by atoms with Gasteiger partial charge in [-0.3, -0.25) is 0 Å². The fraction of sp³-hybridized carbons (Fsp3) is 0.500. The van der Waals surface area contributed by atoms with E-state index in [4.69, 9.17) is 25.2 Å². The average Bonchev–Trinajstić information content (AvgIpc) is 2.62. The van der Waals surface area contributed by atoms with E-state index in [1.807, 2.05) is 39.1 Å². The Labute approximate surface area is 106 Å². The largest absolute Gasteiger partial charge is 0.468 e. The van der Waals surface area contributed by atoms with Crippen molar-refractivity contribution in [2.45, 2.75) is 25.9 Å². The van der Waals surface area contributed by atoms with E-state index in [2.05, 4.69) is 5.32 Å². The zero-order chi connectivity index (χ0) is 12.9. The highest BCUT2D eigenvalue weighted by molar-refractivity contribution is 6.38. The summed E-state index contributed by atoms with van der Waals surface area (Å²) in [5.41, 5.74) is -0.367. The Morgan fingerprint density at radius 3 is 2.47 bits per heavy atom. The van der Waals surface area contributed by atoms with E-state index in [9.17, 15) is 0 Å². The Balaban J connectivity index is 0.000000686. The average molecular weight is 229 g/mol. The van der Waals surface area contributed by atoms with Gasteiger partial charge in [0, 0.05) is 0 Å². The maximum Gasteiger partial charge on any atom is 0.175 e. The van der Waals surface area contributed by atoms with Crippen LogP contribution in [0.5, 0.6) is 11.5 Å². The quantitative estimate of drug-likeness (QED) is 0.789. The monoisotopic (exact) mass is 229 g/mol. The van der Waals surface area contributed by atoms with Gasteiger partial charge in [0.1, 0.15) is 0 Å². The van der Waals surface area contributed by atoms with Crippen molar-refractivity contribution in [3.05, 3.63) is 23.8 Å². The van der Waals surface area contributed by atoms with Crippen LogP contribution in [0.3, 0.4) is 0 Å². The molecule has 0 bridgehead atoms. The van der Waals surface area contributed by atoms with Crippen molar-refractivity contribution in [3.8, 4) is 11.5 Å². The molecule has 1 aromatic carbocycles. The molecule has 5 heteroatoms. The van der Waals surface area contributed by atoms with E-state index in [0.29, 0.717) is 11.5 Å². The fourth-order valence-corrected chi connectivity index (χ4v) is 1.51. The zero-order valence-electron chi connectivity index (χ0n) is 10.6. The fourth-order valence-electron chi connectivity index (χ4n) is 1.51. The summed E-state index contributed by atoms with van der Waals surface area (Å²) in [6, 6.07) is 5.69. The summed E-state index contributed by atoms with van der Waals surface area (Å²) in [5.74, 6) is 1.20. The highest BCUT2D eigenvalue weighted by atomic mass is 16.7. The maximum absolute atomic E-state index is 5.50. The first kappa shape index (κ1) is 14.0. The van der Waals surface area contributed by atoms with Crippen LogP contribution in [0, 0.1) is 0 Å². The van der Waals surface area contributed by atoms with Crippen LogP contribution in [0.15, 0.2) is 18.2 Å². The van der Waals surface area contributed by atoms with Gasteiger partial charge in [-0.1, -0.05) is 19.9 Å². The van der Waals surface area contributed by atoms with Gasteiger partial charge in [0.15, 0.2) is 32.8 Å². The zero-order valence-corrected chi connectivity index (χ0v) is 10.6.